The van der Waals surface area contributed by atoms with Crippen molar-refractivity contribution in [3.8, 4) is 5.75 Å². The van der Waals surface area contributed by atoms with Gasteiger partial charge in [0, 0.05) is 6.54 Å². The van der Waals surface area contributed by atoms with Crippen molar-refractivity contribution in [2.45, 2.75) is 24.2 Å². The lowest BCUT2D eigenvalue weighted by atomic mass is 10.2. The van der Waals surface area contributed by atoms with Crippen LogP contribution in [0.25, 0.3) is 10.9 Å². The zero-order valence-corrected chi connectivity index (χ0v) is 16.6. The third-order valence-electron chi connectivity index (χ3n) is 4.23. The Hall–Kier alpha value is -3.53. The van der Waals surface area contributed by atoms with E-state index < -0.39 is 0 Å². The quantitative estimate of drug-likeness (QED) is 0.317. The topological polar surface area (TPSA) is 87.7 Å². The van der Waals surface area contributed by atoms with Crippen molar-refractivity contribution in [1.29, 1.82) is 0 Å². The second-order valence-electron chi connectivity index (χ2n) is 6.23. The molecule has 0 saturated carbocycles. The Morgan fingerprint density at radius 3 is 2.70 bits per heavy atom. The van der Waals surface area contributed by atoms with E-state index in [1.807, 2.05) is 10.6 Å². The van der Waals surface area contributed by atoms with E-state index in [1.54, 1.807) is 36.4 Å². The number of aromatic nitrogens is 6. The third kappa shape index (κ3) is 4.23. The Kier molecular flexibility index (Phi) is 5.84. The average Bonchev–Trinajstić information content (AvgIpc) is 3.15. The van der Waals surface area contributed by atoms with Crippen LogP contribution >= 0.6 is 11.8 Å². The van der Waals surface area contributed by atoms with Gasteiger partial charge in [0.1, 0.15) is 23.7 Å². The predicted octanol–water partition coefficient (Wildman–Crippen LogP) is 3.04. The maximum Gasteiger partial charge on any atom is 0.278 e. The minimum Gasteiger partial charge on any atom is -0.486 e. The monoisotopic (exact) mass is 424 g/mol. The second kappa shape index (κ2) is 8.87. The second-order valence-corrected chi connectivity index (χ2v) is 7.14. The number of fused-ring (bicyclic) bond motifs is 1. The number of benzene rings is 2. The molecule has 4 aromatic rings. The summed E-state index contributed by atoms with van der Waals surface area (Å²) in [6, 6.07) is 12.8. The van der Waals surface area contributed by atoms with Crippen molar-refractivity contribution in [2.24, 2.45) is 0 Å². The first-order valence-electron chi connectivity index (χ1n) is 9.02. The smallest absolute Gasteiger partial charge is 0.278 e. The van der Waals surface area contributed by atoms with E-state index in [4.69, 9.17) is 4.74 Å². The molecule has 2 aromatic heterocycles. The SMILES string of the molecule is C=CCn1c(COc2ccc(F)cc2)nnc1SCn1nnc2ccccc2c1=O. The number of allylic oxidation sites excluding steroid dienone is 1. The molecule has 30 heavy (non-hydrogen) atoms. The minimum absolute atomic E-state index is 0.156. The molecule has 0 aliphatic heterocycles. The van der Waals surface area contributed by atoms with Gasteiger partial charge in [-0.3, -0.25) is 9.36 Å². The molecule has 0 atom stereocenters. The lowest BCUT2D eigenvalue weighted by molar-refractivity contribution is 0.288. The lowest BCUT2D eigenvalue weighted by Crippen LogP contribution is -2.23. The van der Waals surface area contributed by atoms with Gasteiger partial charge in [-0.25, -0.2) is 4.39 Å². The molecule has 4 rings (SSSR count). The van der Waals surface area contributed by atoms with Crippen LogP contribution in [0.15, 0.2) is 71.1 Å². The van der Waals surface area contributed by atoms with Crippen molar-refractivity contribution in [3.63, 3.8) is 0 Å². The summed E-state index contributed by atoms with van der Waals surface area (Å²) < 4.78 is 21.8. The van der Waals surface area contributed by atoms with Gasteiger partial charge in [-0.2, -0.15) is 4.68 Å². The fraction of sp³-hybridized carbons (Fsp3) is 0.150. The molecule has 152 valence electrons. The number of hydrogen-bond donors (Lipinski definition) is 0. The van der Waals surface area contributed by atoms with Gasteiger partial charge in [-0.1, -0.05) is 35.2 Å². The summed E-state index contributed by atoms with van der Waals surface area (Å²) in [7, 11) is 0. The molecule has 0 fully saturated rings. The molecule has 2 aromatic carbocycles. The van der Waals surface area contributed by atoms with Crippen molar-refractivity contribution in [1.82, 2.24) is 29.8 Å². The van der Waals surface area contributed by atoms with Crippen LogP contribution in [0.3, 0.4) is 0 Å². The van der Waals surface area contributed by atoms with Crippen LogP contribution in [0.1, 0.15) is 5.82 Å². The standard InChI is InChI=1S/C20H17FN6O2S/c1-2-11-26-18(12-29-15-9-7-14(21)8-10-15)23-24-20(26)30-13-27-19(28)16-5-3-4-6-17(16)22-25-27/h2-10H,1,11-13H2. The van der Waals surface area contributed by atoms with E-state index in [9.17, 15) is 9.18 Å². The molecular weight excluding hydrogens is 407 g/mol. The van der Waals surface area contributed by atoms with Crippen molar-refractivity contribution in [3.05, 3.63) is 83.2 Å². The molecule has 0 aliphatic carbocycles. The normalized spacial score (nSPS) is 11.0. The number of halogens is 1. The zero-order valence-electron chi connectivity index (χ0n) is 15.8. The van der Waals surface area contributed by atoms with Gasteiger partial charge in [-0.15, -0.1) is 21.9 Å². The number of rotatable bonds is 8. The first kappa shape index (κ1) is 19.8. The van der Waals surface area contributed by atoms with Crippen LogP contribution < -0.4 is 10.3 Å². The van der Waals surface area contributed by atoms with E-state index in [1.165, 1.54) is 28.6 Å². The number of hydrogen-bond acceptors (Lipinski definition) is 7. The molecule has 2 heterocycles. The van der Waals surface area contributed by atoms with Gasteiger partial charge in [-0.05, 0) is 36.4 Å². The molecule has 0 spiro atoms. The Labute approximate surface area is 175 Å². The summed E-state index contributed by atoms with van der Waals surface area (Å²) in [5, 5.41) is 17.5. The molecule has 0 amide bonds. The predicted molar refractivity (Wildman–Crippen MR) is 111 cm³/mol. The highest BCUT2D eigenvalue weighted by molar-refractivity contribution is 7.98. The van der Waals surface area contributed by atoms with Gasteiger partial charge in [0.2, 0.25) is 0 Å². The summed E-state index contributed by atoms with van der Waals surface area (Å²) in [5.41, 5.74) is 0.335. The number of thioether (sulfide) groups is 1. The van der Waals surface area contributed by atoms with Crippen molar-refractivity contribution in [2.75, 3.05) is 0 Å². The highest BCUT2D eigenvalue weighted by Crippen LogP contribution is 2.20. The van der Waals surface area contributed by atoms with Gasteiger partial charge in [0.15, 0.2) is 11.0 Å². The molecule has 0 bridgehead atoms. The summed E-state index contributed by atoms with van der Waals surface area (Å²) in [5.74, 6) is 1.00. The van der Waals surface area contributed by atoms with E-state index in [0.717, 1.165) is 0 Å². The lowest BCUT2D eigenvalue weighted by Gasteiger charge is -2.09. The maximum atomic E-state index is 13.0. The first-order chi connectivity index (χ1) is 14.7. The molecule has 0 saturated heterocycles. The Morgan fingerprint density at radius 2 is 1.90 bits per heavy atom. The average molecular weight is 424 g/mol. The van der Waals surface area contributed by atoms with E-state index >= 15 is 0 Å². The fourth-order valence-electron chi connectivity index (χ4n) is 2.75. The summed E-state index contributed by atoms with van der Waals surface area (Å²) in [4.78, 5) is 12.6. The van der Waals surface area contributed by atoms with Crippen LogP contribution in [0.4, 0.5) is 4.39 Å². The van der Waals surface area contributed by atoms with Crippen molar-refractivity contribution < 1.29 is 9.13 Å². The molecular formula is C20H17FN6O2S. The van der Waals surface area contributed by atoms with Gasteiger partial charge < -0.3 is 4.74 Å². The molecule has 0 aliphatic rings. The van der Waals surface area contributed by atoms with Crippen LogP contribution in [-0.4, -0.2) is 29.8 Å². The van der Waals surface area contributed by atoms with Crippen LogP contribution in [-0.2, 0) is 19.0 Å². The highest BCUT2D eigenvalue weighted by Gasteiger charge is 2.14. The van der Waals surface area contributed by atoms with Crippen LogP contribution in [0.5, 0.6) is 5.75 Å². The third-order valence-corrected chi connectivity index (χ3v) is 5.17. The number of nitrogens with zero attached hydrogens (tertiary/aromatic N) is 6. The maximum absolute atomic E-state index is 13.0. The largest absolute Gasteiger partial charge is 0.486 e. The summed E-state index contributed by atoms with van der Waals surface area (Å²) >= 11 is 1.30. The van der Waals surface area contributed by atoms with E-state index in [0.29, 0.717) is 34.2 Å². The molecule has 0 unspecified atom stereocenters. The van der Waals surface area contributed by atoms with E-state index in [-0.39, 0.29) is 23.9 Å². The van der Waals surface area contributed by atoms with Gasteiger partial charge >= 0.3 is 0 Å². The van der Waals surface area contributed by atoms with Gasteiger partial charge in [0.25, 0.3) is 5.56 Å². The summed E-state index contributed by atoms with van der Waals surface area (Å²) in [6.07, 6.45) is 1.72. The summed E-state index contributed by atoms with van der Waals surface area (Å²) in [6.45, 7) is 4.39. The van der Waals surface area contributed by atoms with Crippen molar-refractivity contribution >= 4 is 22.7 Å². The van der Waals surface area contributed by atoms with Crippen LogP contribution in [0, 0.1) is 5.82 Å². The van der Waals surface area contributed by atoms with E-state index in [2.05, 4.69) is 27.1 Å². The number of ether oxygens (including phenoxy) is 1. The molecule has 8 nitrogen and oxygen atoms in total. The Balaban J connectivity index is 1.50. The minimum atomic E-state index is -0.331. The first-order valence-corrected chi connectivity index (χ1v) is 10.0. The highest BCUT2D eigenvalue weighted by atomic mass is 32.2. The Morgan fingerprint density at radius 1 is 1.10 bits per heavy atom. The molecule has 0 radical (unpaired) electrons. The fourth-order valence-corrected chi connectivity index (χ4v) is 3.59. The molecule has 0 N–H and O–H groups in total. The van der Waals surface area contributed by atoms with Crippen LogP contribution in [0.2, 0.25) is 0 Å². The zero-order chi connectivity index (χ0) is 20.9. The Bertz CT molecular complexity index is 1240. The molecule has 10 heteroatoms. The van der Waals surface area contributed by atoms with Gasteiger partial charge in [0.05, 0.1) is 11.3 Å².